The van der Waals surface area contributed by atoms with Crippen LogP contribution in [0.5, 0.6) is 0 Å². The van der Waals surface area contributed by atoms with Crippen molar-refractivity contribution in [2.75, 3.05) is 6.61 Å². The lowest BCUT2D eigenvalue weighted by molar-refractivity contribution is -0.286. The number of aliphatic hydroxyl groups excluding tert-OH is 4. The SMILES string of the molecule is [2H][C@@]1(O)[C@@H](O)[C@@H](O)O[C@H](CO)[C@@H]1O. The van der Waals surface area contributed by atoms with Crippen LogP contribution in [0, 0.1) is 0 Å². The molecule has 1 heterocycles. The summed E-state index contributed by atoms with van der Waals surface area (Å²) >= 11 is 0. The third-order valence-electron chi connectivity index (χ3n) is 1.72. The van der Waals surface area contributed by atoms with Crippen molar-refractivity contribution in [3.63, 3.8) is 0 Å². The first kappa shape index (κ1) is 8.36. The first-order valence-corrected chi connectivity index (χ1v) is 3.44. The smallest absolute Gasteiger partial charge is 0.184 e. The fourth-order valence-electron chi connectivity index (χ4n) is 0.982. The summed E-state index contributed by atoms with van der Waals surface area (Å²) in [5.74, 6) is 0. The van der Waals surface area contributed by atoms with Gasteiger partial charge in [-0.15, -0.1) is 0 Å². The van der Waals surface area contributed by atoms with E-state index in [4.69, 9.17) is 16.7 Å². The lowest BCUT2D eigenvalue weighted by atomic mass is 10.00. The zero-order valence-electron chi connectivity index (χ0n) is 7.16. The molecule has 1 rings (SSSR count). The van der Waals surface area contributed by atoms with Crippen LogP contribution in [0.3, 0.4) is 0 Å². The number of aliphatic hydroxyl groups is 5. The second-order valence-electron chi connectivity index (χ2n) is 2.56. The van der Waals surface area contributed by atoms with Crippen LogP contribution in [0.25, 0.3) is 0 Å². The Morgan fingerprint density at radius 2 is 1.75 bits per heavy atom. The first-order chi connectivity index (χ1) is 5.91. The molecule has 0 unspecified atom stereocenters. The monoisotopic (exact) mass is 181 g/mol. The van der Waals surface area contributed by atoms with E-state index >= 15 is 0 Å². The van der Waals surface area contributed by atoms with E-state index in [2.05, 4.69) is 4.74 Å². The van der Waals surface area contributed by atoms with Crippen LogP contribution < -0.4 is 0 Å². The lowest BCUT2D eigenvalue weighted by Crippen LogP contribution is -2.58. The molecule has 6 heteroatoms. The van der Waals surface area contributed by atoms with Crippen LogP contribution in [0.2, 0.25) is 0 Å². The molecular formula is C6H12O6. The van der Waals surface area contributed by atoms with Gasteiger partial charge in [-0.05, 0) is 0 Å². The van der Waals surface area contributed by atoms with E-state index in [1.807, 2.05) is 0 Å². The van der Waals surface area contributed by atoms with Crippen molar-refractivity contribution in [1.29, 1.82) is 0 Å². The zero-order valence-corrected chi connectivity index (χ0v) is 6.16. The van der Waals surface area contributed by atoms with Gasteiger partial charge >= 0.3 is 0 Å². The number of ether oxygens (including phenoxy) is 1. The van der Waals surface area contributed by atoms with Crippen molar-refractivity contribution in [2.24, 2.45) is 0 Å². The van der Waals surface area contributed by atoms with Gasteiger partial charge in [0.25, 0.3) is 0 Å². The normalized spacial score (nSPS) is 56.6. The van der Waals surface area contributed by atoms with Crippen LogP contribution in [0.4, 0.5) is 0 Å². The molecule has 1 fully saturated rings. The molecular weight excluding hydrogens is 168 g/mol. The van der Waals surface area contributed by atoms with Crippen molar-refractivity contribution in [3.05, 3.63) is 0 Å². The van der Waals surface area contributed by atoms with E-state index in [0.717, 1.165) is 0 Å². The highest BCUT2D eigenvalue weighted by Crippen LogP contribution is 2.18. The Morgan fingerprint density at radius 1 is 1.17 bits per heavy atom. The predicted molar refractivity (Wildman–Crippen MR) is 36.0 cm³/mol. The van der Waals surface area contributed by atoms with Gasteiger partial charge < -0.3 is 30.3 Å². The minimum atomic E-state index is -2.63. The minimum absolute atomic E-state index is 0.661. The Balaban J connectivity index is 2.82. The topological polar surface area (TPSA) is 110 Å². The summed E-state index contributed by atoms with van der Waals surface area (Å²) in [5, 5.41) is 45.0. The molecule has 0 amide bonds. The summed E-state index contributed by atoms with van der Waals surface area (Å²) in [6.07, 6.45) is -9.39. The molecule has 1 aliphatic rings. The molecule has 5 atom stereocenters. The van der Waals surface area contributed by atoms with Crippen molar-refractivity contribution in [1.82, 2.24) is 0 Å². The van der Waals surface area contributed by atoms with Crippen LogP contribution in [0.15, 0.2) is 0 Å². The molecule has 0 bridgehead atoms. The quantitative estimate of drug-likeness (QED) is 0.291. The fourth-order valence-corrected chi connectivity index (χ4v) is 0.982. The van der Waals surface area contributed by atoms with Gasteiger partial charge in [0, 0.05) is 0 Å². The molecule has 0 aromatic carbocycles. The number of hydrogen-bond acceptors (Lipinski definition) is 6. The summed E-state index contributed by atoms with van der Waals surface area (Å²) < 4.78 is 11.6. The first-order valence-electron chi connectivity index (χ1n) is 3.94. The summed E-state index contributed by atoms with van der Waals surface area (Å²) in [4.78, 5) is 0. The highest BCUT2D eigenvalue weighted by atomic mass is 16.6. The van der Waals surface area contributed by atoms with E-state index in [1.165, 1.54) is 0 Å². The fraction of sp³-hybridized carbons (Fsp3) is 1.00. The molecule has 5 N–H and O–H groups in total. The van der Waals surface area contributed by atoms with Gasteiger partial charge in [-0.25, -0.2) is 0 Å². The Labute approximate surface area is 70.0 Å². The summed E-state index contributed by atoms with van der Waals surface area (Å²) in [6, 6.07) is 0. The molecule has 72 valence electrons. The summed E-state index contributed by atoms with van der Waals surface area (Å²) in [5.41, 5.74) is 0. The van der Waals surface area contributed by atoms with Crippen LogP contribution >= 0.6 is 0 Å². The van der Waals surface area contributed by atoms with Crippen LogP contribution in [-0.2, 0) is 4.74 Å². The second-order valence-corrected chi connectivity index (χ2v) is 2.56. The molecule has 6 nitrogen and oxygen atoms in total. The highest BCUT2D eigenvalue weighted by molar-refractivity contribution is 4.87. The average molecular weight is 181 g/mol. The maximum Gasteiger partial charge on any atom is 0.184 e. The molecule has 0 radical (unpaired) electrons. The summed E-state index contributed by atoms with van der Waals surface area (Å²) in [7, 11) is 0. The van der Waals surface area contributed by atoms with E-state index in [0.29, 0.717) is 0 Å². The summed E-state index contributed by atoms with van der Waals surface area (Å²) in [6.45, 7) is -0.661. The van der Waals surface area contributed by atoms with E-state index < -0.39 is 37.3 Å². The molecule has 12 heavy (non-hydrogen) atoms. The number of hydrogen-bond donors (Lipinski definition) is 5. The van der Waals surface area contributed by atoms with Crippen molar-refractivity contribution >= 4 is 0 Å². The molecule has 0 spiro atoms. The lowest BCUT2D eigenvalue weighted by Gasteiger charge is -2.37. The predicted octanol–water partition coefficient (Wildman–Crippen LogP) is -3.22. The van der Waals surface area contributed by atoms with Crippen molar-refractivity contribution in [3.8, 4) is 0 Å². The molecule has 0 saturated carbocycles. The minimum Gasteiger partial charge on any atom is -0.394 e. The Hall–Kier alpha value is -0.240. The van der Waals surface area contributed by atoms with Crippen LogP contribution in [-0.4, -0.2) is 62.8 Å². The Kier molecular flexibility index (Phi) is 2.54. The van der Waals surface area contributed by atoms with E-state index in [-0.39, 0.29) is 0 Å². The van der Waals surface area contributed by atoms with Gasteiger partial charge in [-0.3, -0.25) is 0 Å². The highest BCUT2D eigenvalue weighted by Gasteiger charge is 2.42. The van der Waals surface area contributed by atoms with Crippen molar-refractivity contribution < 1.29 is 31.6 Å². The van der Waals surface area contributed by atoms with Gasteiger partial charge in [-0.2, -0.15) is 0 Å². The van der Waals surface area contributed by atoms with Gasteiger partial charge in [0.2, 0.25) is 0 Å². The largest absolute Gasteiger partial charge is 0.394 e. The molecule has 0 aromatic heterocycles. The average Bonchev–Trinajstić information content (AvgIpc) is 2.09. The van der Waals surface area contributed by atoms with Gasteiger partial charge in [0.05, 0.1) is 7.98 Å². The molecule has 1 saturated heterocycles. The van der Waals surface area contributed by atoms with E-state index in [9.17, 15) is 10.2 Å². The van der Waals surface area contributed by atoms with Crippen molar-refractivity contribution in [2.45, 2.75) is 30.7 Å². The van der Waals surface area contributed by atoms with Crippen LogP contribution in [0.1, 0.15) is 1.37 Å². The maximum absolute atomic E-state index is 9.20. The molecule has 1 aliphatic heterocycles. The number of rotatable bonds is 1. The standard InChI is InChI=1S/C6H12O6/c7-1-2-3(8)4(9)5(10)6(11)12-2/h2-11H,1H2/t2-,3+,4+,5-,6+/m1/s1/i4D. The Morgan fingerprint density at radius 3 is 2.25 bits per heavy atom. The van der Waals surface area contributed by atoms with Gasteiger partial charge in [-0.1, -0.05) is 0 Å². The van der Waals surface area contributed by atoms with Gasteiger partial charge in [0.1, 0.15) is 24.4 Å². The van der Waals surface area contributed by atoms with Gasteiger partial charge in [0.15, 0.2) is 6.29 Å². The second kappa shape index (κ2) is 3.65. The third kappa shape index (κ3) is 1.58. The Bertz CT molecular complexity index is 186. The zero-order chi connectivity index (χ0) is 10.2. The third-order valence-corrected chi connectivity index (χ3v) is 1.72. The van der Waals surface area contributed by atoms with E-state index in [1.54, 1.807) is 0 Å². The molecule has 0 aliphatic carbocycles. The maximum atomic E-state index is 9.20. The molecule has 0 aromatic rings.